The van der Waals surface area contributed by atoms with Crippen molar-refractivity contribution in [2.75, 3.05) is 0 Å². The number of aliphatic hydroxyl groups excluding tert-OH is 1. The van der Waals surface area contributed by atoms with Gasteiger partial charge in [0, 0.05) is 6.54 Å². The van der Waals surface area contributed by atoms with Crippen molar-refractivity contribution in [2.45, 2.75) is 76.9 Å². The number of hydrogen-bond donors (Lipinski definition) is 1. The van der Waals surface area contributed by atoms with Crippen LogP contribution in [0.25, 0.3) is 0 Å². The van der Waals surface area contributed by atoms with Crippen LogP contribution in [0.5, 0.6) is 0 Å². The molecule has 160 valence electrons. The topological polar surface area (TPSA) is 68.2 Å². The molecular weight excluding hydrogens is 370 g/mol. The number of benzene rings is 1. The van der Waals surface area contributed by atoms with Gasteiger partial charge in [-0.2, -0.15) is 0 Å². The lowest BCUT2D eigenvalue weighted by atomic mass is 9.99. The van der Waals surface area contributed by atoms with Gasteiger partial charge in [-0.1, -0.05) is 42.5 Å². The molecule has 0 radical (unpaired) electrons. The molecule has 1 aromatic carbocycles. The highest BCUT2D eigenvalue weighted by Crippen LogP contribution is 2.34. The zero-order valence-electron chi connectivity index (χ0n) is 18.0. The van der Waals surface area contributed by atoms with E-state index in [2.05, 4.69) is 13.2 Å². The molecular formula is C23H33NO5. The van der Waals surface area contributed by atoms with E-state index in [1.807, 2.05) is 51.1 Å². The third-order valence-corrected chi connectivity index (χ3v) is 4.50. The molecule has 0 aromatic heterocycles. The molecule has 1 aliphatic heterocycles. The minimum absolute atomic E-state index is 0.295. The van der Waals surface area contributed by atoms with Crippen LogP contribution in [0, 0.1) is 0 Å². The predicted octanol–water partition coefficient (Wildman–Crippen LogP) is 4.05. The Balaban J connectivity index is 2.40. The van der Waals surface area contributed by atoms with Crippen molar-refractivity contribution in [1.82, 2.24) is 4.90 Å². The summed E-state index contributed by atoms with van der Waals surface area (Å²) in [5, 5.41) is 10.4. The molecule has 0 aliphatic carbocycles. The number of aliphatic hydroxyl groups is 1. The molecule has 1 fully saturated rings. The molecule has 1 heterocycles. The Morgan fingerprint density at radius 3 is 2.31 bits per heavy atom. The van der Waals surface area contributed by atoms with Gasteiger partial charge in [0.25, 0.3) is 0 Å². The van der Waals surface area contributed by atoms with Gasteiger partial charge in [-0.25, -0.2) is 4.79 Å². The van der Waals surface area contributed by atoms with Crippen LogP contribution < -0.4 is 0 Å². The van der Waals surface area contributed by atoms with Crippen LogP contribution >= 0.6 is 0 Å². The normalized spacial score (nSPS) is 23.1. The van der Waals surface area contributed by atoms with Crippen LogP contribution in [0.3, 0.4) is 0 Å². The van der Waals surface area contributed by atoms with E-state index in [0.29, 0.717) is 6.54 Å². The van der Waals surface area contributed by atoms with Crippen LogP contribution in [0.4, 0.5) is 4.79 Å². The maximum absolute atomic E-state index is 13.1. The van der Waals surface area contributed by atoms with Gasteiger partial charge in [0.15, 0.2) is 5.79 Å². The van der Waals surface area contributed by atoms with E-state index in [1.54, 1.807) is 24.8 Å². The number of carbonyl (C=O) groups is 1. The van der Waals surface area contributed by atoms with E-state index in [0.717, 1.165) is 5.56 Å². The minimum Gasteiger partial charge on any atom is -0.444 e. The first-order chi connectivity index (χ1) is 13.5. The van der Waals surface area contributed by atoms with Crippen LogP contribution in [0.1, 0.15) is 40.2 Å². The highest BCUT2D eigenvalue weighted by molar-refractivity contribution is 5.69. The second-order valence-corrected chi connectivity index (χ2v) is 8.61. The molecule has 1 aromatic rings. The van der Waals surface area contributed by atoms with Crippen molar-refractivity contribution in [3.8, 4) is 0 Å². The maximum atomic E-state index is 13.1. The number of carbonyl (C=O) groups excluding carboxylic acids is 1. The molecule has 1 saturated heterocycles. The van der Waals surface area contributed by atoms with E-state index in [9.17, 15) is 9.90 Å². The predicted molar refractivity (Wildman–Crippen MR) is 112 cm³/mol. The number of ether oxygens (including phenoxy) is 3. The highest BCUT2D eigenvalue weighted by atomic mass is 16.8. The fourth-order valence-corrected chi connectivity index (χ4v) is 3.31. The monoisotopic (exact) mass is 403 g/mol. The summed E-state index contributed by atoms with van der Waals surface area (Å²) in [5.41, 5.74) is 0.272. The summed E-state index contributed by atoms with van der Waals surface area (Å²) in [4.78, 5) is 14.7. The summed E-state index contributed by atoms with van der Waals surface area (Å²) in [6, 6.07) is 9.01. The van der Waals surface area contributed by atoms with Crippen molar-refractivity contribution in [1.29, 1.82) is 0 Å². The molecule has 1 aliphatic rings. The summed E-state index contributed by atoms with van der Waals surface area (Å²) in [6.45, 7) is 16.9. The highest BCUT2D eigenvalue weighted by Gasteiger charge is 2.49. The largest absolute Gasteiger partial charge is 0.444 e. The van der Waals surface area contributed by atoms with Gasteiger partial charge < -0.3 is 19.3 Å². The number of amides is 1. The van der Waals surface area contributed by atoms with Crippen LogP contribution in [0.2, 0.25) is 0 Å². The van der Waals surface area contributed by atoms with Crippen molar-refractivity contribution in [3.63, 3.8) is 0 Å². The van der Waals surface area contributed by atoms with Gasteiger partial charge in [-0.3, -0.25) is 4.90 Å². The van der Waals surface area contributed by atoms with Gasteiger partial charge in [0.05, 0.1) is 6.04 Å². The molecule has 4 atom stereocenters. The molecule has 1 N–H and O–H groups in total. The average molecular weight is 404 g/mol. The second kappa shape index (κ2) is 9.11. The van der Waals surface area contributed by atoms with Crippen LogP contribution in [0.15, 0.2) is 55.6 Å². The number of rotatable bonds is 7. The zero-order chi connectivity index (χ0) is 21.8. The van der Waals surface area contributed by atoms with E-state index in [4.69, 9.17) is 14.2 Å². The van der Waals surface area contributed by atoms with Crippen molar-refractivity contribution in [3.05, 3.63) is 61.2 Å². The molecule has 0 unspecified atom stereocenters. The first-order valence-electron chi connectivity index (χ1n) is 9.80. The van der Waals surface area contributed by atoms with Gasteiger partial charge >= 0.3 is 6.09 Å². The SMILES string of the molecule is C=C[C@@H](O)[C@H]1OC(C)(C)O[C@@H]1[C@@H](C=C)N(Cc1ccccc1)C(=O)OC(C)(C)C. The summed E-state index contributed by atoms with van der Waals surface area (Å²) in [5.74, 6) is -0.924. The van der Waals surface area contributed by atoms with E-state index < -0.39 is 41.8 Å². The third kappa shape index (κ3) is 6.16. The zero-order valence-corrected chi connectivity index (χ0v) is 18.0. The van der Waals surface area contributed by atoms with Crippen LogP contribution in [-0.2, 0) is 20.8 Å². The number of nitrogens with zero attached hydrogens (tertiary/aromatic N) is 1. The average Bonchev–Trinajstić information content (AvgIpc) is 2.95. The van der Waals surface area contributed by atoms with Crippen molar-refractivity contribution in [2.24, 2.45) is 0 Å². The quantitative estimate of drug-likeness (QED) is 0.696. The molecule has 0 saturated carbocycles. The first kappa shape index (κ1) is 23.1. The van der Waals surface area contributed by atoms with Crippen molar-refractivity contribution >= 4 is 6.09 Å². The first-order valence-corrected chi connectivity index (χ1v) is 9.80. The summed E-state index contributed by atoms with van der Waals surface area (Å²) in [7, 11) is 0. The van der Waals surface area contributed by atoms with Gasteiger partial charge in [-0.15, -0.1) is 13.2 Å². The Bertz CT molecular complexity index is 710. The van der Waals surface area contributed by atoms with Gasteiger partial charge in [0.1, 0.15) is 23.9 Å². The third-order valence-electron chi connectivity index (χ3n) is 4.50. The number of hydrogen-bond acceptors (Lipinski definition) is 5. The van der Waals surface area contributed by atoms with Gasteiger partial charge in [-0.05, 0) is 40.2 Å². The summed E-state index contributed by atoms with van der Waals surface area (Å²) < 4.78 is 17.6. The lowest BCUT2D eigenvalue weighted by Gasteiger charge is -2.36. The van der Waals surface area contributed by atoms with E-state index in [-0.39, 0.29) is 0 Å². The second-order valence-electron chi connectivity index (χ2n) is 8.61. The Kier molecular flexibility index (Phi) is 7.27. The molecule has 6 heteroatoms. The summed E-state index contributed by atoms with van der Waals surface area (Å²) >= 11 is 0. The molecule has 2 rings (SSSR count). The maximum Gasteiger partial charge on any atom is 0.411 e. The Morgan fingerprint density at radius 2 is 1.79 bits per heavy atom. The van der Waals surface area contributed by atoms with Crippen molar-refractivity contribution < 1.29 is 24.1 Å². The minimum atomic E-state index is -0.957. The molecule has 1 amide bonds. The van der Waals surface area contributed by atoms with E-state index >= 15 is 0 Å². The Hall–Kier alpha value is -2.15. The fraction of sp³-hybridized carbons (Fsp3) is 0.522. The fourth-order valence-electron chi connectivity index (χ4n) is 3.31. The lowest BCUT2D eigenvalue weighted by Crippen LogP contribution is -2.52. The standard InChI is InChI=1S/C23H33NO5/c1-8-17(19-20(18(25)9-2)28-23(6,7)27-19)24(21(26)29-22(3,4)5)15-16-13-11-10-12-14-16/h8-14,17-20,25H,1-2,15H2,3-7H3/t17-,18-,19-,20-/m1/s1. The molecule has 0 spiro atoms. The van der Waals surface area contributed by atoms with Gasteiger partial charge in [0.2, 0.25) is 0 Å². The van der Waals surface area contributed by atoms with E-state index in [1.165, 1.54) is 6.08 Å². The molecule has 29 heavy (non-hydrogen) atoms. The Labute approximate surface area is 173 Å². The lowest BCUT2D eigenvalue weighted by molar-refractivity contribution is -0.155. The summed E-state index contributed by atoms with van der Waals surface area (Å²) in [6.07, 6.45) is 0.230. The smallest absolute Gasteiger partial charge is 0.411 e. The molecule has 6 nitrogen and oxygen atoms in total. The Morgan fingerprint density at radius 1 is 1.21 bits per heavy atom. The molecule has 0 bridgehead atoms. The van der Waals surface area contributed by atoms with Crippen LogP contribution in [-0.4, -0.2) is 51.8 Å².